The van der Waals surface area contributed by atoms with E-state index in [0.717, 1.165) is 39.9 Å². The molecule has 0 bridgehead atoms. The van der Waals surface area contributed by atoms with Gasteiger partial charge < -0.3 is 20.1 Å². The monoisotopic (exact) mass is 468 g/mol. The van der Waals surface area contributed by atoms with Crippen molar-refractivity contribution in [2.75, 3.05) is 24.9 Å². The summed E-state index contributed by atoms with van der Waals surface area (Å²) in [6.07, 6.45) is 0.753. The molecule has 0 radical (unpaired) electrons. The first-order valence-corrected chi connectivity index (χ1v) is 11.4. The van der Waals surface area contributed by atoms with Gasteiger partial charge in [0.15, 0.2) is 11.6 Å². The normalized spacial score (nSPS) is 20.0. The van der Waals surface area contributed by atoms with Crippen LogP contribution in [-0.2, 0) is 10.2 Å². The van der Waals surface area contributed by atoms with Crippen LogP contribution < -0.4 is 20.1 Å². The summed E-state index contributed by atoms with van der Waals surface area (Å²) in [5, 5.41) is 14.8. The molecule has 176 valence electrons. The van der Waals surface area contributed by atoms with Crippen molar-refractivity contribution in [3.05, 3.63) is 71.3 Å². The van der Waals surface area contributed by atoms with Crippen LogP contribution in [-0.4, -0.2) is 36.1 Å². The molecule has 8 heteroatoms. The molecule has 4 aromatic rings. The van der Waals surface area contributed by atoms with E-state index in [4.69, 9.17) is 9.47 Å². The quantitative estimate of drug-likeness (QED) is 0.348. The Labute approximate surface area is 201 Å². The third kappa shape index (κ3) is 3.17. The molecule has 2 aliphatic rings. The minimum atomic E-state index is -0.551. The lowest BCUT2D eigenvalue weighted by Gasteiger charge is -2.11. The van der Waals surface area contributed by atoms with Crippen molar-refractivity contribution in [2.24, 2.45) is 0 Å². The highest BCUT2D eigenvalue weighted by molar-refractivity contribution is 6.10. The van der Waals surface area contributed by atoms with E-state index in [0.29, 0.717) is 22.8 Å². The van der Waals surface area contributed by atoms with E-state index >= 15 is 0 Å². The standard InChI is InChI=1S/C27H24N4O4/c1-14(32)15-5-8-22(24(11-15)35-3)28-25-18-7-4-16(10-23(18)30-31-25)20-13-27(20)19-12-17(34-2)6-9-21(19)29-26(27)33/h4-12,20H,13H2,1-3H3,(H,29,33)(H2,28,30,31)/t20-,27-/m0/s1. The number of methoxy groups -OCH3 is 2. The molecule has 3 N–H and O–H groups in total. The summed E-state index contributed by atoms with van der Waals surface area (Å²) in [6, 6.07) is 17.1. The lowest BCUT2D eigenvalue weighted by Crippen LogP contribution is -2.21. The molecule has 8 nitrogen and oxygen atoms in total. The van der Waals surface area contributed by atoms with Gasteiger partial charge in [0, 0.05) is 22.6 Å². The highest BCUT2D eigenvalue weighted by Crippen LogP contribution is 2.65. The van der Waals surface area contributed by atoms with Crippen LogP contribution in [0.1, 0.15) is 40.7 Å². The van der Waals surface area contributed by atoms with E-state index in [1.807, 2.05) is 30.3 Å². The number of amides is 1. The van der Waals surface area contributed by atoms with Crippen LogP contribution in [0.15, 0.2) is 54.6 Å². The maximum absolute atomic E-state index is 13.0. The Kier molecular flexibility index (Phi) is 4.60. The summed E-state index contributed by atoms with van der Waals surface area (Å²) in [4.78, 5) is 24.7. The lowest BCUT2D eigenvalue weighted by molar-refractivity contribution is -0.118. The number of carbonyl (C=O) groups excluding carboxylic acids is 2. The van der Waals surface area contributed by atoms with Crippen molar-refractivity contribution in [3.63, 3.8) is 0 Å². The second-order valence-electron chi connectivity index (χ2n) is 9.07. The highest BCUT2D eigenvalue weighted by atomic mass is 16.5. The number of nitrogens with one attached hydrogen (secondary N) is 3. The third-order valence-electron chi connectivity index (χ3n) is 7.17. The van der Waals surface area contributed by atoms with E-state index in [2.05, 4.69) is 33.0 Å². The van der Waals surface area contributed by atoms with Gasteiger partial charge in [0.25, 0.3) is 0 Å². The molecule has 0 unspecified atom stereocenters. The summed E-state index contributed by atoms with van der Waals surface area (Å²) in [5.74, 6) is 2.06. The van der Waals surface area contributed by atoms with Crippen LogP contribution in [0, 0.1) is 0 Å². The summed E-state index contributed by atoms with van der Waals surface area (Å²) in [5.41, 5.74) is 4.56. The van der Waals surface area contributed by atoms with Crippen LogP contribution in [0.2, 0.25) is 0 Å². The number of H-pyrrole nitrogens is 1. The number of aromatic nitrogens is 2. The second-order valence-corrected chi connectivity index (χ2v) is 9.07. The molecule has 3 aromatic carbocycles. The van der Waals surface area contributed by atoms with E-state index in [9.17, 15) is 9.59 Å². The number of hydrogen-bond acceptors (Lipinski definition) is 6. The largest absolute Gasteiger partial charge is 0.497 e. The Bertz CT molecular complexity index is 1530. The SMILES string of the molecule is COc1ccc2c(c1)[C@]1(C[C@H]1c1ccc3c(Nc4ccc(C(C)=O)cc4OC)n[nH]c3c1)C(=O)N2. The Balaban J connectivity index is 1.30. The summed E-state index contributed by atoms with van der Waals surface area (Å²) >= 11 is 0. The number of anilines is 3. The molecule has 1 saturated carbocycles. The summed E-state index contributed by atoms with van der Waals surface area (Å²) in [6.45, 7) is 1.52. The number of ether oxygens (including phenoxy) is 2. The van der Waals surface area contributed by atoms with Crippen LogP contribution >= 0.6 is 0 Å². The topological polar surface area (TPSA) is 105 Å². The number of rotatable bonds is 6. The molecule has 2 heterocycles. The van der Waals surface area contributed by atoms with Gasteiger partial charge in [-0.25, -0.2) is 0 Å². The zero-order chi connectivity index (χ0) is 24.3. The number of fused-ring (bicyclic) bond motifs is 3. The molecule has 1 aliphatic carbocycles. The molecule has 1 spiro atoms. The molecule has 1 amide bonds. The van der Waals surface area contributed by atoms with Crippen LogP contribution in [0.3, 0.4) is 0 Å². The Hall–Kier alpha value is -4.33. The average Bonchev–Trinajstić information content (AvgIpc) is 3.42. The minimum absolute atomic E-state index is 0.0255. The number of benzene rings is 3. The van der Waals surface area contributed by atoms with E-state index in [-0.39, 0.29) is 17.6 Å². The Morgan fingerprint density at radius 3 is 2.71 bits per heavy atom. The number of carbonyl (C=O) groups is 2. The number of hydrogen-bond donors (Lipinski definition) is 3. The molecule has 1 aliphatic heterocycles. The highest BCUT2D eigenvalue weighted by Gasteiger charge is 2.65. The van der Waals surface area contributed by atoms with Crippen molar-refractivity contribution in [1.82, 2.24) is 10.2 Å². The third-order valence-corrected chi connectivity index (χ3v) is 7.17. The first kappa shape index (κ1) is 21.2. The van der Waals surface area contributed by atoms with Crippen molar-refractivity contribution in [1.29, 1.82) is 0 Å². The first-order chi connectivity index (χ1) is 16.9. The number of Topliss-reactive ketones (excluding diaryl/α,β-unsaturated/α-hetero) is 1. The fourth-order valence-corrected chi connectivity index (χ4v) is 5.19. The van der Waals surface area contributed by atoms with Gasteiger partial charge in [0.1, 0.15) is 11.5 Å². The molecule has 6 rings (SSSR count). The van der Waals surface area contributed by atoms with Crippen molar-refractivity contribution in [2.45, 2.75) is 24.7 Å². The fourth-order valence-electron chi connectivity index (χ4n) is 5.19. The second kappa shape index (κ2) is 7.59. The number of ketones is 1. The van der Waals surface area contributed by atoms with Gasteiger partial charge in [-0.1, -0.05) is 6.07 Å². The number of nitrogens with zero attached hydrogens (tertiary/aromatic N) is 1. The smallest absolute Gasteiger partial charge is 0.235 e. The van der Waals surface area contributed by atoms with Crippen molar-refractivity contribution < 1.29 is 19.1 Å². The minimum Gasteiger partial charge on any atom is -0.497 e. The van der Waals surface area contributed by atoms with Gasteiger partial charge in [-0.05, 0) is 73.0 Å². The zero-order valence-electron chi connectivity index (χ0n) is 19.6. The van der Waals surface area contributed by atoms with Gasteiger partial charge in [0.2, 0.25) is 5.91 Å². The molecular formula is C27H24N4O4. The van der Waals surface area contributed by atoms with Gasteiger partial charge in [0.05, 0.1) is 30.8 Å². The van der Waals surface area contributed by atoms with E-state index in [1.165, 1.54) is 6.92 Å². The Morgan fingerprint density at radius 2 is 1.94 bits per heavy atom. The van der Waals surface area contributed by atoms with Gasteiger partial charge in [-0.3, -0.25) is 14.7 Å². The molecule has 35 heavy (non-hydrogen) atoms. The first-order valence-electron chi connectivity index (χ1n) is 11.4. The predicted octanol–water partition coefficient (Wildman–Crippen LogP) is 4.90. The average molecular weight is 469 g/mol. The van der Waals surface area contributed by atoms with Crippen LogP contribution in [0.4, 0.5) is 17.2 Å². The van der Waals surface area contributed by atoms with Crippen LogP contribution in [0.25, 0.3) is 10.9 Å². The van der Waals surface area contributed by atoms with Gasteiger partial charge in [-0.15, -0.1) is 0 Å². The number of aromatic amines is 1. The molecule has 1 fully saturated rings. The molecule has 2 atom stereocenters. The maximum Gasteiger partial charge on any atom is 0.235 e. The van der Waals surface area contributed by atoms with Crippen LogP contribution in [0.5, 0.6) is 11.5 Å². The van der Waals surface area contributed by atoms with Crippen molar-refractivity contribution in [3.8, 4) is 11.5 Å². The van der Waals surface area contributed by atoms with Gasteiger partial charge in [-0.2, -0.15) is 5.10 Å². The van der Waals surface area contributed by atoms with E-state index < -0.39 is 5.41 Å². The molecule has 1 aromatic heterocycles. The lowest BCUT2D eigenvalue weighted by atomic mass is 9.91. The summed E-state index contributed by atoms with van der Waals surface area (Å²) in [7, 11) is 3.20. The Morgan fingerprint density at radius 1 is 1.09 bits per heavy atom. The molecule has 0 saturated heterocycles. The fraction of sp³-hybridized carbons (Fsp3) is 0.222. The van der Waals surface area contributed by atoms with E-state index in [1.54, 1.807) is 26.4 Å². The predicted molar refractivity (Wildman–Crippen MR) is 133 cm³/mol. The summed E-state index contributed by atoms with van der Waals surface area (Å²) < 4.78 is 10.9. The van der Waals surface area contributed by atoms with Crippen molar-refractivity contribution >= 4 is 39.8 Å². The zero-order valence-corrected chi connectivity index (χ0v) is 19.6. The molecular weight excluding hydrogens is 444 g/mol. The maximum atomic E-state index is 13.0. The van der Waals surface area contributed by atoms with Gasteiger partial charge >= 0.3 is 0 Å².